The molecule has 0 fully saturated rings. The fourth-order valence-electron chi connectivity index (χ4n) is 1.60. The molecule has 0 saturated carbocycles. The number of nitrogens with two attached hydrogens (primary N) is 2. The summed E-state index contributed by atoms with van der Waals surface area (Å²) >= 11 is 1.55. The molecule has 19 heavy (non-hydrogen) atoms. The Balaban J connectivity index is 2.08. The first kappa shape index (κ1) is 13.3. The molecule has 4 N–H and O–H groups in total. The molecule has 0 amide bonds. The van der Waals surface area contributed by atoms with Gasteiger partial charge in [0.2, 0.25) is 0 Å². The fraction of sp³-hybridized carbons (Fsp3) is 0. The zero-order chi connectivity index (χ0) is 13.8. The second-order valence-corrected chi connectivity index (χ2v) is 5.38. The first-order chi connectivity index (χ1) is 9.06. The molecule has 0 aliphatic heterocycles. The normalized spacial score (nSPS) is 10.1. The number of hydrogen-bond donors (Lipinski definition) is 2. The average Bonchev–Trinajstić information content (AvgIpc) is 2.40. The Bertz CT molecular complexity index is 542. The second-order valence-electron chi connectivity index (χ2n) is 4.19. The number of thioether (sulfide) groups is 1. The minimum absolute atomic E-state index is 0.749. The standard InChI is InChI=1S/C16H16N2S/c1-11(13-3-7-15(17)8-4-13)19-12(2)14-5-9-16(18)10-6-14/h3-10H,1-2,17-18H2. The molecule has 0 unspecified atom stereocenters. The molecule has 0 spiro atoms. The predicted octanol–water partition coefficient (Wildman–Crippen LogP) is 4.23. The minimum atomic E-state index is 0.749. The van der Waals surface area contributed by atoms with Crippen molar-refractivity contribution in [2.75, 3.05) is 11.5 Å². The molecule has 0 heterocycles. The van der Waals surface area contributed by atoms with Crippen LogP contribution in [0.15, 0.2) is 61.7 Å². The number of rotatable bonds is 4. The molecule has 0 saturated heterocycles. The van der Waals surface area contributed by atoms with Crippen LogP contribution in [0.25, 0.3) is 9.81 Å². The Morgan fingerprint density at radius 1 is 0.684 bits per heavy atom. The van der Waals surface area contributed by atoms with E-state index in [1.807, 2.05) is 48.5 Å². The molecule has 0 radical (unpaired) electrons. The van der Waals surface area contributed by atoms with Crippen molar-refractivity contribution in [1.29, 1.82) is 0 Å². The molecule has 0 atom stereocenters. The van der Waals surface area contributed by atoms with E-state index in [0.29, 0.717) is 0 Å². The van der Waals surface area contributed by atoms with E-state index in [1.165, 1.54) is 0 Å². The molecule has 0 aliphatic carbocycles. The van der Waals surface area contributed by atoms with Crippen LogP contribution in [0.4, 0.5) is 11.4 Å². The van der Waals surface area contributed by atoms with Crippen LogP contribution in [0.3, 0.4) is 0 Å². The summed E-state index contributed by atoms with van der Waals surface area (Å²) in [6, 6.07) is 15.3. The van der Waals surface area contributed by atoms with Crippen molar-refractivity contribution in [3.05, 3.63) is 72.8 Å². The Morgan fingerprint density at radius 2 is 1.00 bits per heavy atom. The van der Waals surface area contributed by atoms with Gasteiger partial charge in [-0.3, -0.25) is 0 Å². The van der Waals surface area contributed by atoms with Gasteiger partial charge in [-0.2, -0.15) is 0 Å². The smallest absolute Gasteiger partial charge is 0.0314 e. The van der Waals surface area contributed by atoms with Crippen molar-refractivity contribution < 1.29 is 0 Å². The number of nitrogen functional groups attached to an aromatic ring is 2. The molecule has 96 valence electrons. The molecular formula is C16H16N2S. The molecule has 2 aromatic carbocycles. The van der Waals surface area contributed by atoms with Crippen molar-refractivity contribution in [2.45, 2.75) is 0 Å². The van der Waals surface area contributed by atoms with Gasteiger partial charge < -0.3 is 11.5 Å². The van der Waals surface area contributed by atoms with Crippen LogP contribution in [-0.2, 0) is 0 Å². The maximum atomic E-state index is 5.67. The van der Waals surface area contributed by atoms with Crippen LogP contribution >= 0.6 is 11.8 Å². The van der Waals surface area contributed by atoms with E-state index in [4.69, 9.17) is 11.5 Å². The van der Waals surface area contributed by atoms with Gasteiger partial charge in [0.25, 0.3) is 0 Å². The quantitative estimate of drug-likeness (QED) is 0.816. The predicted molar refractivity (Wildman–Crippen MR) is 87.4 cm³/mol. The van der Waals surface area contributed by atoms with Gasteiger partial charge >= 0.3 is 0 Å². The topological polar surface area (TPSA) is 52.0 Å². The van der Waals surface area contributed by atoms with Gasteiger partial charge in [-0.15, -0.1) is 0 Å². The Kier molecular flexibility index (Phi) is 3.97. The lowest BCUT2D eigenvalue weighted by atomic mass is 10.2. The first-order valence-electron chi connectivity index (χ1n) is 5.84. The lowest BCUT2D eigenvalue weighted by molar-refractivity contribution is 1.64. The highest BCUT2D eigenvalue weighted by Gasteiger charge is 2.05. The molecular weight excluding hydrogens is 252 g/mol. The summed E-state index contributed by atoms with van der Waals surface area (Å²) in [7, 11) is 0. The van der Waals surface area contributed by atoms with Crippen LogP contribution < -0.4 is 11.5 Å². The number of anilines is 2. The Morgan fingerprint density at radius 3 is 1.32 bits per heavy atom. The maximum absolute atomic E-state index is 5.67. The van der Waals surface area contributed by atoms with Crippen molar-refractivity contribution in [3.8, 4) is 0 Å². The molecule has 2 aromatic rings. The molecule has 0 bridgehead atoms. The van der Waals surface area contributed by atoms with Gasteiger partial charge in [0.15, 0.2) is 0 Å². The summed E-state index contributed by atoms with van der Waals surface area (Å²) in [5.41, 5.74) is 14.9. The third-order valence-corrected chi connectivity index (χ3v) is 3.68. The molecule has 2 nitrogen and oxygen atoms in total. The zero-order valence-corrected chi connectivity index (χ0v) is 11.4. The van der Waals surface area contributed by atoms with Crippen molar-refractivity contribution in [2.24, 2.45) is 0 Å². The fourth-order valence-corrected chi connectivity index (χ4v) is 2.41. The van der Waals surface area contributed by atoms with E-state index in [-0.39, 0.29) is 0 Å². The molecule has 3 heteroatoms. The van der Waals surface area contributed by atoms with E-state index in [0.717, 1.165) is 32.3 Å². The van der Waals surface area contributed by atoms with Crippen molar-refractivity contribution in [1.82, 2.24) is 0 Å². The average molecular weight is 268 g/mol. The van der Waals surface area contributed by atoms with Crippen LogP contribution in [-0.4, -0.2) is 0 Å². The van der Waals surface area contributed by atoms with Gasteiger partial charge in [0.05, 0.1) is 0 Å². The van der Waals surface area contributed by atoms with Crippen molar-refractivity contribution in [3.63, 3.8) is 0 Å². The van der Waals surface area contributed by atoms with E-state index < -0.39 is 0 Å². The van der Waals surface area contributed by atoms with E-state index in [2.05, 4.69) is 13.2 Å². The van der Waals surface area contributed by atoms with Crippen molar-refractivity contribution >= 4 is 32.9 Å². The van der Waals surface area contributed by atoms with Gasteiger partial charge in [-0.05, 0) is 35.4 Å². The summed E-state index contributed by atoms with van der Waals surface area (Å²) in [5, 5.41) is 0. The zero-order valence-electron chi connectivity index (χ0n) is 10.6. The Labute approximate surface area is 117 Å². The molecule has 0 aliphatic rings. The third kappa shape index (κ3) is 3.42. The summed E-state index contributed by atoms with van der Waals surface area (Å²) in [4.78, 5) is 1.89. The maximum Gasteiger partial charge on any atom is 0.0314 e. The summed E-state index contributed by atoms with van der Waals surface area (Å²) in [5.74, 6) is 0. The van der Waals surface area contributed by atoms with E-state index in [9.17, 15) is 0 Å². The first-order valence-corrected chi connectivity index (χ1v) is 6.65. The van der Waals surface area contributed by atoms with Crippen LogP contribution in [0, 0.1) is 0 Å². The largest absolute Gasteiger partial charge is 0.399 e. The highest BCUT2D eigenvalue weighted by molar-refractivity contribution is 8.16. The third-order valence-electron chi connectivity index (χ3n) is 2.71. The van der Waals surface area contributed by atoms with Crippen LogP contribution in [0.5, 0.6) is 0 Å². The second kappa shape index (κ2) is 5.67. The monoisotopic (exact) mass is 268 g/mol. The van der Waals surface area contributed by atoms with Crippen LogP contribution in [0.1, 0.15) is 11.1 Å². The summed E-state index contributed by atoms with van der Waals surface area (Å²) < 4.78 is 0. The van der Waals surface area contributed by atoms with Gasteiger partial charge in [-0.25, -0.2) is 0 Å². The van der Waals surface area contributed by atoms with Crippen LogP contribution in [0.2, 0.25) is 0 Å². The highest BCUT2D eigenvalue weighted by Crippen LogP contribution is 2.37. The highest BCUT2D eigenvalue weighted by atomic mass is 32.2. The lowest BCUT2D eigenvalue weighted by Gasteiger charge is -2.09. The van der Waals surface area contributed by atoms with Gasteiger partial charge in [0, 0.05) is 21.2 Å². The number of benzene rings is 2. The number of hydrogen-bond acceptors (Lipinski definition) is 3. The van der Waals surface area contributed by atoms with E-state index >= 15 is 0 Å². The minimum Gasteiger partial charge on any atom is -0.399 e. The molecule has 2 rings (SSSR count). The molecule has 0 aromatic heterocycles. The Hall–Kier alpha value is -2.13. The van der Waals surface area contributed by atoms with E-state index in [1.54, 1.807) is 11.8 Å². The van der Waals surface area contributed by atoms with Gasteiger partial charge in [0.1, 0.15) is 0 Å². The summed E-state index contributed by atoms with van der Waals surface area (Å²) in [6.07, 6.45) is 0. The van der Waals surface area contributed by atoms with Gasteiger partial charge in [-0.1, -0.05) is 49.2 Å². The lowest BCUT2D eigenvalue weighted by Crippen LogP contribution is -1.86. The summed E-state index contributed by atoms with van der Waals surface area (Å²) in [6.45, 7) is 8.15. The SMILES string of the molecule is C=C(SC(=C)c1ccc(N)cc1)c1ccc(N)cc1.